The highest BCUT2D eigenvalue weighted by Gasteiger charge is 2.44. The van der Waals surface area contributed by atoms with E-state index in [-0.39, 0.29) is 17.8 Å². The van der Waals surface area contributed by atoms with E-state index in [0.717, 1.165) is 124 Å². The van der Waals surface area contributed by atoms with Crippen molar-refractivity contribution in [2.75, 3.05) is 43.4 Å². The molecule has 8 aliphatic rings. The van der Waals surface area contributed by atoms with Gasteiger partial charge in [0.15, 0.2) is 0 Å². The van der Waals surface area contributed by atoms with Gasteiger partial charge in [-0.15, -0.1) is 0 Å². The molecule has 4 amide bonds. The van der Waals surface area contributed by atoms with E-state index in [4.69, 9.17) is 0 Å². The van der Waals surface area contributed by atoms with Gasteiger partial charge < -0.3 is 20.9 Å². The van der Waals surface area contributed by atoms with E-state index >= 15 is 0 Å². The lowest BCUT2D eigenvalue weighted by molar-refractivity contribution is 0.114. The molecule has 14 heteroatoms. The summed E-state index contributed by atoms with van der Waals surface area (Å²) in [4.78, 5) is 29.0. The monoisotopic (exact) mass is 722 g/mol. The second-order valence-electron chi connectivity index (χ2n) is 15.6. The van der Waals surface area contributed by atoms with Crippen LogP contribution in [0.2, 0.25) is 0 Å². The lowest BCUT2D eigenvalue weighted by Crippen LogP contribution is -2.56. The number of nitrogens with zero attached hydrogens (tertiary/aromatic N) is 1. The van der Waals surface area contributed by atoms with Crippen LogP contribution in [0.25, 0.3) is 0 Å². The van der Waals surface area contributed by atoms with Gasteiger partial charge in [-0.2, -0.15) is 0 Å². The van der Waals surface area contributed by atoms with Crippen LogP contribution in [0.15, 0.2) is 12.1 Å². The summed E-state index contributed by atoms with van der Waals surface area (Å²) in [6.45, 7) is 2.99. The van der Waals surface area contributed by atoms with Gasteiger partial charge in [0, 0.05) is 31.0 Å². The van der Waals surface area contributed by atoms with Gasteiger partial charge >= 0.3 is 12.1 Å². The molecule has 5 N–H and O–H groups in total. The van der Waals surface area contributed by atoms with E-state index in [2.05, 4.69) is 42.4 Å². The van der Waals surface area contributed by atoms with E-state index in [1.54, 1.807) is 0 Å². The van der Waals surface area contributed by atoms with E-state index in [1.807, 2.05) is 0 Å². The average Bonchev–Trinajstić information content (AvgIpc) is 3.86. The van der Waals surface area contributed by atoms with E-state index in [0.29, 0.717) is 19.6 Å². The van der Waals surface area contributed by atoms with Crippen molar-refractivity contribution in [1.29, 1.82) is 0 Å². The third-order valence-corrected chi connectivity index (χ3v) is 16.4. The van der Waals surface area contributed by atoms with Gasteiger partial charge in [0.1, 0.15) is 5.25 Å². The van der Waals surface area contributed by atoms with Crippen LogP contribution in [0.1, 0.15) is 94.9 Å². The lowest BCUT2D eigenvalue weighted by atomic mass is 9.81. The summed E-state index contributed by atoms with van der Waals surface area (Å²) >= 11 is 0. The molecule has 4 heterocycles. The number of amides is 4. The maximum absolute atomic E-state index is 13.5. The van der Waals surface area contributed by atoms with Crippen molar-refractivity contribution in [3.05, 3.63) is 56.6 Å². The van der Waals surface area contributed by atoms with Gasteiger partial charge in [0.25, 0.3) is 0 Å². The van der Waals surface area contributed by atoms with Crippen molar-refractivity contribution in [3.63, 3.8) is 0 Å². The number of urea groups is 2. The first-order chi connectivity index (χ1) is 24.1. The highest BCUT2D eigenvalue weighted by molar-refractivity contribution is 7.91. The molecule has 4 fully saturated rings. The zero-order valence-corrected chi connectivity index (χ0v) is 29.9. The van der Waals surface area contributed by atoms with Crippen LogP contribution in [0, 0.1) is 5.92 Å². The predicted octanol–water partition coefficient (Wildman–Crippen LogP) is 3.39. The Hall–Kier alpha value is -3.20. The van der Waals surface area contributed by atoms with Crippen molar-refractivity contribution in [2.24, 2.45) is 5.92 Å². The van der Waals surface area contributed by atoms with Gasteiger partial charge in [0.2, 0.25) is 20.0 Å². The zero-order chi connectivity index (χ0) is 34.4. The highest BCUT2D eigenvalue weighted by atomic mass is 32.2. The molecule has 268 valence electrons. The summed E-state index contributed by atoms with van der Waals surface area (Å²) in [6, 6.07) is 3.25. The molecule has 3 atom stereocenters. The van der Waals surface area contributed by atoms with Crippen LogP contribution in [0.5, 0.6) is 0 Å². The van der Waals surface area contributed by atoms with Gasteiger partial charge in [-0.05, 0) is 152 Å². The second kappa shape index (κ2) is 12.2. The Morgan fingerprint density at radius 3 is 1.98 bits per heavy atom. The van der Waals surface area contributed by atoms with Crippen molar-refractivity contribution < 1.29 is 26.4 Å². The van der Waals surface area contributed by atoms with Crippen molar-refractivity contribution >= 4 is 43.5 Å². The molecule has 2 bridgehead atoms. The quantitative estimate of drug-likeness (QED) is 0.290. The third kappa shape index (κ3) is 5.52. The molecule has 4 aliphatic carbocycles. The Kier molecular flexibility index (Phi) is 7.98. The van der Waals surface area contributed by atoms with Gasteiger partial charge in [0.05, 0.1) is 5.25 Å². The number of fused-ring (bicyclic) bond motifs is 7. The van der Waals surface area contributed by atoms with Crippen LogP contribution in [-0.4, -0.2) is 77.0 Å². The van der Waals surface area contributed by atoms with Crippen LogP contribution < -0.4 is 25.4 Å². The van der Waals surface area contributed by atoms with Crippen LogP contribution in [-0.2, 0) is 58.6 Å². The van der Waals surface area contributed by atoms with E-state index in [9.17, 15) is 26.4 Å². The molecule has 2 aromatic carbocycles. The molecule has 10 rings (SSSR count). The van der Waals surface area contributed by atoms with Crippen molar-refractivity contribution in [1.82, 2.24) is 19.7 Å². The minimum absolute atomic E-state index is 0.0849. The molecule has 2 aromatic rings. The number of rotatable bonds is 7. The fraction of sp³-hybridized carbons (Fsp3) is 0.611. The van der Waals surface area contributed by atoms with Gasteiger partial charge in [-0.25, -0.2) is 35.9 Å². The molecule has 0 aromatic heterocycles. The minimum atomic E-state index is -3.84. The van der Waals surface area contributed by atoms with Crippen LogP contribution in [0.4, 0.5) is 21.0 Å². The van der Waals surface area contributed by atoms with Gasteiger partial charge in [-0.1, -0.05) is 12.1 Å². The summed E-state index contributed by atoms with van der Waals surface area (Å²) in [5.74, 6) is 0.365. The number of carbonyl (C=O) groups excluding carboxylic acids is 2. The summed E-state index contributed by atoms with van der Waals surface area (Å²) in [6.07, 6.45) is 10.7. The first kappa shape index (κ1) is 32.7. The molecule has 12 nitrogen and oxygen atoms in total. The molecule has 4 aliphatic heterocycles. The van der Waals surface area contributed by atoms with E-state index in [1.165, 1.54) is 22.3 Å². The minimum Gasteiger partial charge on any atom is -0.314 e. The van der Waals surface area contributed by atoms with E-state index < -0.39 is 42.6 Å². The number of piperidine rings is 3. The Bertz CT molecular complexity index is 2000. The SMILES string of the molecule is O=C(Nc1c2c(cc3c1C(C1CCc4c1cc1c(c4NC(=O)NS(=O)(=O)C4CN5CCC4CC5)CCC1)CC3)CCC2)NS(=O)(=O)C1CNC1. The lowest BCUT2D eigenvalue weighted by Gasteiger charge is -2.43. The Labute approximate surface area is 294 Å². The predicted molar refractivity (Wildman–Crippen MR) is 191 cm³/mol. The highest BCUT2D eigenvalue weighted by Crippen LogP contribution is 2.55. The maximum Gasteiger partial charge on any atom is 0.332 e. The summed E-state index contributed by atoms with van der Waals surface area (Å²) in [5.41, 5.74) is 10.9. The van der Waals surface area contributed by atoms with Crippen LogP contribution in [0.3, 0.4) is 0 Å². The Balaban J connectivity index is 1.01. The average molecular weight is 723 g/mol. The number of aryl methyl sites for hydroxylation is 3. The summed E-state index contributed by atoms with van der Waals surface area (Å²) < 4.78 is 57.1. The smallest absolute Gasteiger partial charge is 0.314 e. The number of sulfonamides is 2. The van der Waals surface area contributed by atoms with Crippen LogP contribution >= 0.6 is 0 Å². The Morgan fingerprint density at radius 2 is 1.32 bits per heavy atom. The molecule has 4 saturated heterocycles. The first-order valence-electron chi connectivity index (χ1n) is 18.5. The topological polar surface area (TPSA) is 166 Å². The number of hydrogen-bond donors (Lipinski definition) is 5. The molecular weight excluding hydrogens is 677 g/mol. The standard InChI is InChI=1S/C36H46N6O6S2/c43-35(41-50(47,48)31-19-42-13-11-20(31)12-14-42)38-33-25-5-2-4-22(25)16-30-27(9-10-29(30)33)28-8-7-23-15-21-3-1-6-26(21)34(32(23)28)39-36(44)40-49(45,46)24-17-37-18-24/h15-16,20,24,27-28,31,37H,1-14,17-19H2,(H2,38,41,43)(H2,39,40,44). The summed E-state index contributed by atoms with van der Waals surface area (Å²) in [5, 5.41) is 7.86. The Morgan fingerprint density at radius 1 is 0.680 bits per heavy atom. The number of carbonyl (C=O) groups is 2. The molecule has 3 unspecified atom stereocenters. The molecule has 50 heavy (non-hydrogen) atoms. The first-order valence-corrected chi connectivity index (χ1v) is 21.6. The molecular formula is C36H46N6O6S2. The maximum atomic E-state index is 13.5. The number of anilines is 2. The fourth-order valence-electron chi connectivity index (χ4n) is 10.3. The van der Waals surface area contributed by atoms with Gasteiger partial charge in [-0.3, -0.25) is 0 Å². The normalized spacial score (nSPS) is 28.0. The van der Waals surface area contributed by atoms with Crippen molar-refractivity contribution in [2.45, 2.75) is 99.4 Å². The molecule has 0 saturated carbocycles. The third-order valence-electron chi connectivity index (χ3n) is 12.9. The number of hydrogen-bond acceptors (Lipinski definition) is 8. The fourth-order valence-corrected chi connectivity index (χ4v) is 13.1. The largest absolute Gasteiger partial charge is 0.332 e. The van der Waals surface area contributed by atoms with Crippen molar-refractivity contribution in [3.8, 4) is 0 Å². The summed E-state index contributed by atoms with van der Waals surface area (Å²) in [7, 11) is -7.62. The number of benzene rings is 2. The number of nitrogens with one attached hydrogen (secondary N) is 5. The second-order valence-corrected chi connectivity index (χ2v) is 19.4. The zero-order valence-electron chi connectivity index (χ0n) is 28.3. The molecule has 0 radical (unpaired) electrons. The molecule has 0 spiro atoms.